The van der Waals surface area contributed by atoms with E-state index in [1.54, 1.807) is 11.6 Å². The van der Waals surface area contributed by atoms with E-state index in [1.807, 2.05) is 20.8 Å². The lowest BCUT2D eigenvalue weighted by Gasteiger charge is -2.15. The molecule has 2 rings (SSSR count). The monoisotopic (exact) mass is 279 g/mol. The third-order valence-corrected chi connectivity index (χ3v) is 2.92. The Morgan fingerprint density at radius 3 is 2.65 bits per heavy atom. The number of nitro groups is 1. The highest BCUT2D eigenvalue weighted by Gasteiger charge is 2.28. The smallest absolute Gasteiger partial charge is 0.333 e. The van der Waals surface area contributed by atoms with Crippen LogP contribution in [0.4, 0.5) is 11.5 Å². The Morgan fingerprint density at radius 1 is 1.45 bits per heavy atom. The van der Waals surface area contributed by atoms with Crippen LogP contribution in [0.3, 0.4) is 0 Å². The predicted molar refractivity (Wildman–Crippen MR) is 72.4 cm³/mol. The molecule has 0 aliphatic rings. The van der Waals surface area contributed by atoms with Gasteiger partial charge in [-0.1, -0.05) is 0 Å². The minimum Gasteiger partial charge on any atom is -0.355 e. The average molecular weight is 279 g/mol. The van der Waals surface area contributed by atoms with E-state index in [4.69, 9.17) is 0 Å². The number of aromatic nitrogens is 5. The number of aromatic amines is 1. The number of nitrogens with zero attached hydrogens (tertiary/aromatic N) is 5. The van der Waals surface area contributed by atoms with Crippen molar-refractivity contribution in [3.63, 3.8) is 0 Å². The Labute approximate surface area is 115 Å². The summed E-state index contributed by atoms with van der Waals surface area (Å²) in [5.41, 5.74) is 0.376. The molecule has 0 amide bonds. The van der Waals surface area contributed by atoms with E-state index in [0.717, 1.165) is 0 Å². The van der Waals surface area contributed by atoms with Crippen molar-refractivity contribution >= 4 is 11.5 Å². The van der Waals surface area contributed by atoms with Crippen molar-refractivity contribution in [1.82, 2.24) is 25.0 Å². The Hall–Kier alpha value is -2.45. The molecule has 0 aliphatic carbocycles. The maximum absolute atomic E-state index is 11.2. The number of rotatable bonds is 5. The number of aryl methyl sites for hydroxylation is 1. The van der Waals surface area contributed by atoms with Crippen molar-refractivity contribution in [2.45, 2.75) is 39.8 Å². The summed E-state index contributed by atoms with van der Waals surface area (Å²) < 4.78 is 1.61. The van der Waals surface area contributed by atoms with Gasteiger partial charge in [0.1, 0.15) is 17.8 Å². The molecule has 1 atom stereocenters. The summed E-state index contributed by atoms with van der Waals surface area (Å²) in [4.78, 5) is 14.8. The van der Waals surface area contributed by atoms with Gasteiger partial charge in [-0.15, -0.1) is 0 Å². The van der Waals surface area contributed by atoms with Gasteiger partial charge < -0.3 is 5.32 Å². The van der Waals surface area contributed by atoms with Gasteiger partial charge in [0.15, 0.2) is 0 Å². The number of H-pyrrole nitrogens is 1. The van der Waals surface area contributed by atoms with Crippen LogP contribution in [0.15, 0.2) is 6.33 Å². The molecule has 108 valence electrons. The van der Waals surface area contributed by atoms with Crippen LogP contribution in [0.2, 0.25) is 0 Å². The molecular formula is C11H17N7O2. The molecule has 2 aromatic heterocycles. The molecule has 2 heterocycles. The third-order valence-electron chi connectivity index (χ3n) is 2.92. The first-order chi connectivity index (χ1) is 9.41. The third kappa shape index (κ3) is 2.46. The summed E-state index contributed by atoms with van der Waals surface area (Å²) in [5.74, 6) is 0.986. The van der Waals surface area contributed by atoms with Crippen LogP contribution in [-0.4, -0.2) is 29.9 Å². The van der Waals surface area contributed by atoms with Crippen molar-refractivity contribution in [3.8, 4) is 0 Å². The molecule has 0 aromatic carbocycles. The molecule has 2 N–H and O–H groups in total. The maximum Gasteiger partial charge on any atom is 0.333 e. The van der Waals surface area contributed by atoms with Crippen LogP contribution in [0, 0.1) is 17.0 Å². The van der Waals surface area contributed by atoms with Gasteiger partial charge in [-0.05, 0) is 27.7 Å². The fraction of sp³-hybridized carbons (Fsp3) is 0.545. The van der Waals surface area contributed by atoms with Gasteiger partial charge in [-0.2, -0.15) is 10.2 Å². The van der Waals surface area contributed by atoms with Crippen LogP contribution < -0.4 is 5.32 Å². The van der Waals surface area contributed by atoms with Gasteiger partial charge in [0.25, 0.3) is 0 Å². The molecule has 0 aliphatic heterocycles. The topological polar surface area (TPSA) is 115 Å². The zero-order valence-corrected chi connectivity index (χ0v) is 11.8. The minimum atomic E-state index is -0.420. The Bertz CT molecular complexity index is 603. The molecule has 0 bridgehead atoms. The fourth-order valence-electron chi connectivity index (χ4n) is 1.96. The SMILES string of the molecule is Cc1nn(C(C)C)c(NC(C)c2ncn[nH]2)c1[N+](=O)[O-]. The lowest BCUT2D eigenvalue weighted by atomic mass is 10.3. The van der Waals surface area contributed by atoms with Crippen molar-refractivity contribution in [2.24, 2.45) is 0 Å². The number of hydrogen-bond acceptors (Lipinski definition) is 6. The highest BCUT2D eigenvalue weighted by molar-refractivity contribution is 5.60. The number of nitrogens with one attached hydrogen (secondary N) is 2. The zero-order chi connectivity index (χ0) is 14.9. The van der Waals surface area contributed by atoms with Crippen molar-refractivity contribution in [3.05, 3.63) is 28.0 Å². The standard InChI is InChI=1S/C11H17N7O2/c1-6(2)17-11(9(18(19)20)7(3)16-17)14-8(4)10-12-5-13-15-10/h5-6,8,14H,1-4H3,(H,12,13,15). The fourth-order valence-corrected chi connectivity index (χ4v) is 1.96. The Morgan fingerprint density at radius 2 is 2.15 bits per heavy atom. The largest absolute Gasteiger partial charge is 0.355 e. The second-order valence-electron chi connectivity index (χ2n) is 4.81. The normalized spacial score (nSPS) is 12.7. The molecule has 9 nitrogen and oxygen atoms in total. The molecule has 0 saturated carbocycles. The lowest BCUT2D eigenvalue weighted by molar-refractivity contribution is -0.384. The van der Waals surface area contributed by atoms with E-state index < -0.39 is 4.92 Å². The van der Waals surface area contributed by atoms with Gasteiger partial charge in [0.05, 0.1) is 11.0 Å². The summed E-state index contributed by atoms with van der Waals surface area (Å²) in [5, 5.41) is 25.1. The highest BCUT2D eigenvalue weighted by Crippen LogP contribution is 2.32. The highest BCUT2D eigenvalue weighted by atomic mass is 16.6. The zero-order valence-electron chi connectivity index (χ0n) is 11.8. The van der Waals surface area contributed by atoms with E-state index in [1.165, 1.54) is 6.33 Å². The van der Waals surface area contributed by atoms with E-state index in [9.17, 15) is 10.1 Å². The number of hydrogen-bond donors (Lipinski definition) is 2. The summed E-state index contributed by atoms with van der Waals surface area (Å²) in [7, 11) is 0. The van der Waals surface area contributed by atoms with Gasteiger partial charge in [0, 0.05) is 6.04 Å². The first-order valence-corrected chi connectivity index (χ1v) is 6.27. The Balaban J connectivity index is 2.41. The molecule has 0 fully saturated rings. The second-order valence-corrected chi connectivity index (χ2v) is 4.81. The molecule has 20 heavy (non-hydrogen) atoms. The molecule has 0 saturated heterocycles. The molecule has 0 spiro atoms. The van der Waals surface area contributed by atoms with Crippen molar-refractivity contribution < 1.29 is 4.92 Å². The van der Waals surface area contributed by atoms with E-state index in [2.05, 4.69) is 25.6 Å². The average Bonchev–Trinajstić information content (AvgIpc) is 2.96. The minimum absolute atomic E-state index is 0.00632. The van der Waals surface area contributed by atoms with Gasteiger partial charge in [0.2, 0.25) is 5.82 Å². The Kier molecular flexibility index (Phi) is 3.68. The lowest BCUT2D eigenvalue weighted by Crippen LogP contribution is -2.15. The summed E-state index contributed by atoms with van der Waals surface area (Å²) >= 11 is 0. The van der Waals surface area contributed by atoms with E-state index in [-0.39, 0.29) is 17.8 Å². The van der Waals surface area contributed by atoms with Gasteiger partial charge in [-0.3, -0.25) is 15.2 Å². The maximum atomic E-state index is 11.2. The summed E-state index contributed by atoms with van der Waals surface area (Å²) in [6, 6.07) is -0.239. The predicted octanol–water partition coefficient (Wildman–Crippen LogP) is 1.97. The number of anilines is 1. The molecule has 2 aromatic rings. The van der Waals surface area contributed by atoms with Crippen LogP contribution in [0.25, 0.3) is 0 Å². The molecule has 0 radical (unpaired) electrons. The molecule has 9 heteroatoms. The van der Waals surface area contributed by atoms with Gasteiger partial charge in [-0.25, -0.2) is 9.67 Å². The summed E-state index contributed by atoms with van der Waals surface area (Å²) in [6.07, 6.45) is 1.40. The van der Waals surface area contributed by atoms with Crippen LogP contribution in [0.1, 0.15) is 44.4 Å². The van der Waals surface area contributed by atoms with Crippen LogP contribution in [-0.2, 0) is 0 Å². The molecular weight excluding hydrogens is 262 g/mol. The van der Waals surface area contributed by atoms with E-state index in [0.29, 0.717) is 17.3 Å². The van der Waals surface area contributed by atoms with Crippen molar-refractivity contribution in [2.75, 3.05) is 5.32 Å². The van der Waals surface area contributed by atoms with E-state index >= 15 is 0 Å². The molecule has 1 unspecified atom stereocenters. The second kappa shape index (κ2) is 5.27. The quantitative estimate of drug-likeness (QED) is 0.638. The van der Waals surface area contributed by atoms with Crippen LogP contribution >= 0.6 is 0 Å². The first-order valence-electron chi connectivity index (χ1n) is 6.27. The van der Waals surface area contributed by atoms with Crippen molar-refractivity contribution in [1.29, 1.82) is 0 Å². The van der Waals surface area contributed by atoms with Crippen LogP contribution in [0.5, 0.6) is 0 Å². The van der Waals surface area contributed by atoms with Gasteiger partial charge >= 0.3 is 5.69 Å². The first kappa shape index (κ1) is 14.0. The summed E-state index contributed by atoms with van der Waals surface area (Å²) in [6.45, 7) is 7.31.